The molecule has 0 saturated heterocycles. The predicted molar refractivity (Wildman–Crippen MR) is 101 cm³/mol. The van der Waals surface area contributed by atoms with Gasteiger partial charge in [-0.15, -0.1) is 0 Å². The lowest BCUT2D eigenvalue weighted by Gasteiger charge is -2.27. The first-order valence-electron chi connectivity index (χ1n) is 10.4. The Balaban J connectivity index is 2.10. The summed E-state index contributed by atoms with van der Waals surface area (Å²) in [6.45, 7) is 14.6. The van der Waals surface area contributed by atoms with Gasteiger partial charge in [-0.05, 0) is 35.5 Å². The van der Waals surface area contributed by atoms with Gasteiger partial charge in [0.15, 0.2) is 0 Å². The lowest BCUT2D eigenvalue weighted by molar-refractivity contribution is 0.251. The third kappa shape index (κ3) is 8.59. The molecule has 1 saturated carbocycles. The van der Waals surface area contributed by atoms with Crippen LogP contribution in [-0.4, -0.2) is 0 Å². The van der Waals surface area contributed by atoms with Gasteiger partial charge in [0, 0.05) is 0 Å². The Bertz CT molecular complexity index is 259. The summed E-state index contributed by atoms with van der Waals surface area (Å²) in [4.78, 5) is 0. The van der Waals surface area contributed by atoms with Crippen molar-refractivity contribution in [1.82, 2.24) is 0 Å². The highest BCUT2D eigenvalue weighted by Gasteiger charge is 2.19. The molecule has 3 atom stereocenters. The molecule has 0 nitrogen and oxygen atoms in total. The molecule has 0 heterocycles. The standard InChI is InChI=1S/C22H44/c1-17(2)7-12-20(5)21(6)13-8-18(3)9-14-22-15-10-19(4)11-16-22/h17-22H,7-16H2,1-6H3. The molecule has 0 bridgehead atoms. The summed E-state index contributed by atoms with van der Waals surface area (Å²) in [7, 11) is 0. The van der Waals surface area contributed by atoms with E-state index in [1.54, 1.807) is 0 Å². The van der Waals surface area contributed by atoms with Crippen molar-refractivity contribution in [3.63, 3.8) is 0 Å². The van der Waals surface area contributed by atoms with Crippen molar-refractivity contribution in [1.29, 1.82) is 0 Å². The molecule has 1 fully saturated rings. The van der Waals surface area contributed by atoms with E-state index in [-0.39, 0.29) is 0 Å². The summed E-state index contributed by atoms with van der Waals surface area (Å²) in [6.07, 6.45) is 14.7. The lowest BCUT2D eigenvalue weighted by Crippen LogP contribution is -2.14. The van der Waals surface area contributed by atoms with Crippen molar-refractivity contribution in [2.24, 2.45) is 35.5 Å². The van der Waals surface area contributed by atoms with E-state index in [0.29, 0.717) is 0 Å². The predicted octanol–water partition coefficient (Wildman–Crippen LogP) is 7.72. The van der Waals surface area contributed by atoms with Crippen LogP contribution in [0.3, 0.4) is 0 Å². The molecule has 0 aromatic heterocycles. The summed E-state index contributed by atoms with van der Waals surface area (Å²) in [5, 5.41) is 0. The lowest BCUT2D eigenvalue weighted by atomic mass is 9.79. The van der Waals surface area contributed by atoms with Crippen LogP contribution in [0, 0.1) is 35.5 Å². The van der Waals surface area contributed by atoms with E-state index in [0.717, 1.165) is 35.5 Å². The minimum absolute atomic E-state index is 0.867. The van der Waals surface area contributed by atoms with Crippen molar-refractivity contribution >= 4 is 0 Å². The van der Waals surface area contributed by atoms with Crippen LogP contribution < -0.4 is 0 Å². The average Bonchev–Trinajstić information content (AvgIpc) is 2.49. The van der Waals surface area contributed by atoms with Crippen LogP contribution in [0.5, 0.6) is 0 Å². The Kier molecular flexibility index (Phi) is 9.76. The summed E-state index contributed by atoms with van der Waals surface area (Å²) >= 11 is 0. The Morgan fingerprint density at radius 1 is 0.682 bits per heavy atom. The van der Waals surface area contributed by atoms with Gasteiger partial charge in [-0.2, -0.15) is 0 Å². The molecule has 0 aromatic carbocycles. The molecule has 3 unspecified atom stereocenters. The van der Waals surface area contributed by atoms with Crippen molar-refractivity contribution in [3.8, 4) is 0 Å². The summed E-state index contributed by atoms with van der Waals surface area (Å²) in [5.41, 5.74) is 0. The van der Waals surface area contributed by atoms with Crippen LogP contribution in [-0.2, 0) is 0 Å². The molecule has 22 heavy (non-hydrogen) atoms. The molecule has 132 valence electrons. The van der Waals surface area contributed by atoms with Gasteiger partial charge in [-0.3, -0.25) is 0 Å². The van der Waals surface area contributed by atoms with Crippen LogP contribution >= 0.6 is 0 Å². The summed E-state index contributed by atoms with van der Waals surface area (Å²) in [6, 6.07) is 0. The summed E-state index contributed by atoms with van der Waals surface area (Å²) < 4.78 is 0. The quantitative estimate of drug-likeness (QED) is 0.387. The first kappa shape index (κ1) is 20.0. The van der Waals surface area contributed by atoms with E-state index in [1.165, 1.54) is 64.2 Å². The zero-order valence-electron chi connectivity index (χ0n) is 16.5. The van der Waals surface area contributed by atoms with Gasteiger partial charge in [0.05, 0.1) is 0 Å². The smallest absolute Gasteiger partial charge is 0.0414 e. The van der Waals surface area contributed by atoms with Gasteiger partial charge in [0.1, 0.15) is 0 Å². The maximum atomic E-state index is 2.50. The highest BCUT2D eigenvalue weighted by Crippen LogP contribution is 2.33. The minimum Gasteiger partial charge on any atom is -0.0628 e. The first-order valence-corrected chi connectivity index (χ1v) is 10.4. The maximum Gasteiger partial charge on any atom is -0.0414 e. The Morgan fingerprint density at radius 3 is 1.77 bits per heavy atom. The molecule has 0 aliphatic heterocycles. The number of hydrogen-bond donors (Lipinski definition) is 0. The monoisotopic (exact) mass is 308 g/mol. The molecule has 0 spiro atoms. The van der Waals surface area contributed by atoms with E-state index >= 15 is 0 Å². The molecule has 1 aliphatic rings. The molecule has 0 heteroatoms. The largest absolute Gasteiger partial charge is 0.0628 e. The molecule has 0 amide bonds. The van der Waals surface area contributed by atoms with E-state index < -0.39 is 0 Å². The van der Waals surface area contributed by atoms with Crippen LogP contribution in [0.15, 0.2) is 0 Å². The molecular formula is C22H44. The second-order valence-electron chi connectivity index (χ2n) is 9.31. The maximum absolute atomic E-state index is 2.50. The third-order valence-electron chi connectivity index (χ3n) is 6.49. The first-order chi connectivity index (χ1) is 10.4. The Labute approximate surface area is 141 Å². The zero-order valence-corrected chi connectivity index (χ0v) is 16.5. The second-order valence-corrected chi connectivity index (χ2v) is 9.31. The normalized spacial score (nSPS) is 26.9. The van der Waals surface area contributed by atoms with Crippen molar-refractivity contribution in [2.45, 2.75) is 106 Å². The van der Waals surface area contributed by atoms with Crippen LogP contribution in [0.1, 0.15) is 106 Å². The van der Waals surface area contributed by atoms with E-state index in [4.69, 9.17) is 0 Å². The topological polar surface area (TPSA) is 0 Å². The second kappa shape index (κ2) is 10.7. The fourth-order valence-corrected chi connectivity index (χ4v) is 4.00. The van der Waals surface area contributed by atoms with Crippen LogP contribution in [0.25, 0.3) is 0 Å². The molecule has 1 rings (SSSR count). The molecule has 0 radical (unpaired) electrons. The fraction of sp³-hybridized carbons (Fsp3) is 1.00. The molecule has 0 N–H and O–H groups in total. The van der Waals surface area contributed by atoms with E-state index in [2.05, 4.69) is 41.5 Å². The highest BCUT2D eigenvalue weighted by molar-refractivity contribution is 4.71. The van der Waals surface area contributed by atoms with Crippen LogP contribution in [0.4, 0.5) is 0 Å². The van der Waals surface area contributed by atoms with Crippen molar-refractivity contribution < 1.29 is 0 Å². The van der Waals surface area contributed by atoms with E-state index in [1.807, 2.05) is 0 Å². The van der Waals surface area contributed by atoms with Gasteiger partial charge >= 0.3 is 0 Å². The highest BCUT2D eigenvalue weighted by atomic mass is 14.2. The molecule has 0 aromatic rings. The zero-order chi connectivity index (χ0) is 16.5. The van der Waals surface area contributed by atoms with Gasteiger partial charge in [0.2, 0.25) is 0 Å². The summed E-state index contributed by atoms with van der Waals surface area (Å²) in [5.74, 6) is 5.69. The average molecular weight is 309 g/mol. The van der Waals surface area contributed by atoms with Crippen LogP contribution in [0.2, 0.25) is 0 Å². The van der Waals surface area contributed by atoms with Crippen molar-refractivity contribution in [3.05, 3.63) is 0 Å². The SMILES string of the molecule is CC(C)CCC(C)C(C)CCC(C)CCC1CCC(C)CC1. The number of rotatable bonds is 10. The Morgan fingerprint density at radius 2 is 1.23 bits per heavy atom. The fourth-order valence-electron chi connectivity index (χ4n) is 4.00. The number of hydrogen-bond acceptors (Lipinski definition) is 0. The van der Waals surface area contributed by atoms with Gasteiger partial charge in [0.25, 0.3) is 0 Å². The Hall–Kier alpha value is 0. The van der Waals surface area contributed by atoms with Crippen molar-refractivity contribution in [2.75, 3.05) is 0 Å². The minimum atomic E-state index is 0.867. The van der Waals surface area contributed by atoms with Gasteiger partial charge < -0.3 is 0 Å². The third-order valence-corrected chi connectivity index (χ3v) is 6.49. The van der Waals surface area contributed by atoms with E-state index in [9.17, 15) is 0 Å². The molecular weight excluding hydrogens is 264 g/mol. The molecule has 1 aliphatic carbocycles. The van der Waals surface area contributed by atoms with Gasteiger partial charge in [-0.1, -0.05) is 106 Å². The van der Waals surface area contributed by atoms with Gasteiger partial charge in [-0.25, -0.2) is 0 Å².